The molecule has 0 heterocycles. The van der Waals surface area contributed by atoms with Crippen LogP contribution in [0.4, 0.5) is 0 Å². The molecule has 0 aliphatic heterocycles. The second kappa shape index (κ2) is 3.16. The summed E-state index contributed by atoms with van der Waals surface area (Å²) in [7, 11) is 1.98. The van der Waals surface area contributed by atoms with E-state index in [2.05, 4.69) is 19.2 Å². The Balaban J connectivity index is 2.75. The van der Waals surface area contributed by atoms with E-state index in [9.17, 15) is 0 Å². The van der Waals surface area contributed by atoms with Crippen LogP contribution in [0.2, 0.25) is 0 Å². The van der Waals surface area contributed by atoms with E-state index in [4.69, 9.17) is 0 Å². The van der Waals surface area contributed by atoms with Crippen LogP contribution in [-0.2, 0) is 0 Å². The Morgan fingerprint density at radius 2 is 2.17 bits per heavy atom. The third kappa shape index (κ3) is 2.21. The van der Waals surface area contributed by atoms with Crippen molar-refractivity contribution >= 4 is 0 Å². The second-order valence-corrected chi connectivity index (χ2v) is 1.60. The van der Waals surface area contributed by atoms with Crippen LogP contribution in [0.15, 0.2) is 0 Å². The standard InChI is InChI=1S/C5H13N/c1-4-5(2)6-3/h5-6H,4H2,1-3H3/t5-/m0/s1. The van der Waals surface area contributed by atoms with E-state index in [0.717, 1.165) is 0 Å². The van der Waals surface area contributed by atoms with Crippen LogP contribution in [0.25, 0.3) is 0 Å². The molecule has 0 aliphatic carbocycles. The molecule has 1 heteroatoms. The molecular weight excluding hydrogens is 74.1 g/mol. The molecule has 0 amide bonds. The van der Waals surface area contributed by atoms with Gasteiger partial charge in [-0.15, -0.1) is 0 Å². The van der Waals surface area contributed by atoms with E-state index in [1.165, 1.54) is 6.42 Å². The lowest BCUT2D eigenvalue weighted by Crippen LogP contribution is -2.19. The SMILES string of the molecule is CC[C@H](C)NC. The van der Waals surface area contributed by atoms with Crippen LogP contribution >= 0.6 is 0 Å². The summed E-state index contributed by atoms with van der Waals surface area (Å²) in [6.45, 7) is 4.33. The first-order chi connectivity index (χ1) is 2.81. The van der Waals surface area contributed by atoms with Crippen molar-refractivity contribution in [3.8, 4) is 0 Å². The van der Waals surface area contributed by atoms with Crippen LogP contribution in [0, 0.1) is 0 Å². The molecule has 0 unspecified atom stereocenters. The van der Waals surface area contributed by atoms with Crippen molar-refractivity contribution in [2.45, 2.75) is 26.3 Å². The lowest BCUT2D eigenvalue weighted by atomic mass is 10.3. The first-order valence-corrected chi connectivity index (χ1v) is 2.48. The van der Waals surface area contributed by atoms with Gasteiger partial charge in [-0.2, -0.15) is 0 Å². The Labute approximate surface area is 39.7 Å². The fourth-order valence-electron chi connectivity index (χ4n) is 0.204. The average molecular weight is 87.2 g/mol. The minimum absolute atomic E-state index is 0.685. The highest BCUT2D eigenvalue weighted by molar-refractivity contribution is 4.49. The third-order valence-electron chi connectivity index (χ3n) is 1.11. The normalized spacial score (nSPS) is 14.5. The molecule has 0 saturated heterocycles. The number of nitrogens with one attached hydrogen (secondary N) is 1. The highest BCUT2D eigenvalue weighted by Gasteiger charge is 1.86. The van der Waals surface area contributed by atoms with E-state index < -0.39 is 0 Å². The molecule has 1 atom stereocenters. The fourth-order valence-corrected chi connectivity index (χ4v) is 0.204. The quantitative estimate of drug-likeness (QED) is 0.530. The molecule has 38 valence electrons. The number of hydrogen-bond acceptors (Lipinski definition) is 1. The van der Waals surface area contributed by atoms with Crippen molar-refractivity contribution in [3.05, 3.63) is 0 Å². The Morgan fingerprint density at radius 1 is 1.67 bits per heavy atom. The van der Waals surface area contributed by atoms with Crippen LogP contribution in [0.3, 0.4) is 0 Å². The summed E-state index contributed by atoms with van der Waals surface area (Å²) in [5.74, 6) is 0. The van der Waals surface area contributed by atoms with E-state index in [-0.39, 0.29) is 0 Å². The fraction of sp³-hybridized carbons (Fsp3) is 1.00. The maximum Gasteiger partial charge on any atom is 0.00331 e. The smallest absolute Gasteiger partial charge is 0.00331 e. The lowest BCUT2D eigenvalue weighted by Gasteiger charge is -2.02. The molecule has 0 fully saturated rings. The summed E-state index contributed by atoms with van der Waals surface area (Å²) in [5, 5.41) is 3.11. The summed E-state index contributed by atoms with van der Waals surface area (Å²) in [5.41, 5.74) is 0. The van der Waals surface area contributed by atoms with Gasteiger partial charge in [0.05, 0.1) is 0 Å². The van der Waals surface area contributed by atoms with E-state index in [1.807, 2.05) is 7.05 Å². The van der Waals surface area contributed by atoms with Gasteiger partial charge in [0.2, 0.25) is 0 Å². The Hall–Kier alpha value is -0.0400. The van der Waals surface area contributed by atoms with Crippen molar-refractivity contribution in [3.63, 3.8) is 0 Å². The van der Waals surface area contributed by atoms with Gasteiger partial charge in [-0.3, -0.25) is 0 Å². The van der Waals surface area contributed by atoms with Gasteiger partial charge < -0.3 is 5.32 Å². The molecule has 0 aliphatic rings. The monoisotopic (exact) mass is 87.1 g/mol. The maximum absolute atomic E-state index is 3.11. The topological polar surface area (TPSA) is 12.0 Å². The highest BCUT2D eigenvalue weighted by atomic mass is 14.8. The van der Waals surface area contributed by atoms with Crippen molar-refractivity contribution in [1.82, 2.24) is 5.32 Å². The predicted molar refractivity (Wildman–Crippen MR) is 28.8 cm³/mol. The molecule has 0 radical (unpaired) electrons. The molecule has 6 heavy (non-hydrogen) atoms. The first-order valence-electron chi connectivity index (χ1n) is 2.48. The molecular formula is C5H13N. The van der Waals surface area contributed by atoms with Crippen molar-refractivity contribution < 1.29 is 0 Å². The van der Waals surface area contributed by atoms with Crippen LogP contribution in [-0.4, -0.2) is 13.1 Å². The van der Waals surface area contributed by atoms with Gasteiger partial charge in [0, 0.05) is 6.04 Å². The minimum Gasteiger partial charge on any atom is -0.317 e. The van der Waals surface area contributed by atoms with Crippen molar-refractivity contribution in [2.75, 3.05) is 7.05 Å². The predicted octanol–water partition coefficient (Wildman–Crippen LogP) is 1.00. The summed E-state index contributed by atoms with van der Waals surface area (Å²) in [4.78, 5) is 0. The largest absolute Gasteiger partial charge is 0.317 e. The van der Waals surface area contributed by atoms with E-state index >= 15 is 0 Å². The van der Waals surface area contributed by atoms with Gasteiger partial charge >= 0.3 is 0 Å². The van der Waals surface area contributed by atoms with Gasteiger partial charge in [-0.05, 0) is 20.4 Å². The molecule has 0 aromatic rings. The number of hydrogen-bond donors (Lipinski definition) is 1. The zero-order valence-corrected chi connectivity index (χ0v) is 4.78. The van der Waals surface area contributed by atoms with E-state index in [0.29, 0.717) is 6.04 Å². The van der Waals surface area contributed by atoms with Gasteiger partial charge in [-0.1, -0.05) is 6.92 Å². The minimum atomic E-state index is 0.685. The third-order valence-corrected chi connectivity index (χ3v) is 1.11. The van der Waals surface area contributed by atoms with Gasteiger partial charge in [0.1, 0.15) is 0 Å². The molecule has 1 N–H and O–H groups in total. The molecule has 0 spiro atoms. The van der Waals surface area contributed by atoms with Gasteiger partial charge in [-0.25, -0.2) is 0 Å². The Morgan fingerprint density at radius 3 is 2.17 bits per heavy atom. The highest BCUT2D eigenvalue weighted by Crippen LogP contribution is 1.82. The van der Waals surface area contributed by atoms with Crippen molar-refractivity contribution in [2.24, 2.45) is 0 Å². The van der Waals surface area contributed by atoms with Gasteiger partial charge in [0.25, 0.3) is 0 Å². The Kier molecular flexibility index (Phi) is 3.14. The average Bonchev–Trinajstić information content (AvgIpc) is 1.65. The van der Waals surface area contributed by atoms with Crippen LogP contribution in [0.1, 0.15) is 20.3 Å². The maximum atomic E-state index is 3.11. The lowest BCUT2D eigenvalue weighted by molar-refractivity contribution is 0.593. The van der Waals surface area contributed by atoms with Crippen LogP contribution in [0.5, 0.6) is 0 Å². The first kappa shape index (κ1) is 5.96. The summed E-state index contributed by atoms with van der Waals surface area (Å²) >= 11 is 0. The number of rotatable bonds is 2. The zero-order valence-electron chi connectivity index (χ0n) is 4.78. The molecule has 0 aromatic carbocycles. The van der Waals surface area contributed by atoms with Gasteiger partial charge in [0.15, 0.2) is 0 Å². The Bertz CT molecular complexity index is 23.1. The molecule has 1 nitrogen and oxygen atoms in total. The van der Waals surface area contributed by atoms with Crippen LogP contribution < -0.4 is 5.32 Å². The molecule has 0 aromatic heterocycles. The summed E-state index contributed by atoms with van der Waals surface area (Å²) in [6.07, 6.45) is 1.22. The molecule has 0 rings (SSSR count). The summed E-state index contributed by atoms with van der Waals surface area (Å²) in [6, 6.07) is 0.685. The van der Waals surface area contributed by atoms with Crippen molar-refractivity contribution in [1.29, 1.82) is 0 Å². The summed E-state index contributed by atoms with van der Waals surface area (Å²) < 4.78 is 0. The molecule has 0 saturated carbocycles. The second-order valence-electron chi connectivity index (χ2n) is 1.60. The van der Waals surface area contributed by atoms with E-state index in [1.54, 1.807) is 0 Å². The zero-order chi connectivity index (χ0) is 4.99. The molecule has 0 bridgehead atoms.